The zero-order valence-corrected chi connectivity index (χ0v) is 16.9. The number of carbonyl (C=O) groups is 1. The summed E-state index contributed by atoms with van der Waals surface area (Å²) in [4.78, 5) is 15.8. The van der Waals surface area contributed by atoms with E-state index in [1.165, 1.54) is 19.4 Å². The number of fused-ring (bicyclic) bond motifs is 1. The van der Waals surface area contributed by atoms with Crippen molar-refractivity contribution in [3.05, 3.63) is 12.2 Å². The van der Waals surface area contributed by atoms with E-state index in [1.54, 1.807) is 0 Å². The average molecular weight is 372 g/mol. The first-order valence-electron chi connectivity index (χ1n) is 11.0. The molecule has 5 saturated carbocycles. The lowest BCUT2D eigenvalue weighted by atomic mass is 9.43. The Kier molecular flexibility index (Phi) is 3.10. The Hall–Kier alpha value is -0.710. The van der Waals surface area contributed by atoms with Crippen molar-refractivity contribution in [2.24, 2.45) is 39.9 Å². The van der Waals surface area contributed by atoms with E-state index >= 15 is 0 Å². The van der Waals surface area contributed by atoms with Gasteiger partial charge in [0.1, 0.15) is 5.78 Å². The molecule has 7 bridgehead atoms. The standard InChI is InChI=1S/C23H33NO3/c1-5-24-11-21(3)7-6-18(27-4)23-16(21)8-14(19(23)24)22-10-13(12(2)20(22)26)15(25)9-17(22)23/h13-14,16-20,26H,2,5-11H2,1,3-4H3/t13-,14-,16?,17-,18+,19+,20-,21-,22?,23-/m1/s1. The third kappa shape index (κ3) is 1.51. The van der Waals surface area contributed by atoms with Crippen LogP contribution in [0.3, 0.4) is 0 Å². The molecule has 10 atom stereocenters. The highest BCUT2D eigenvalue weighted by molar-refractivity contribution is 5.87. The van der Waals surface area contributed by atoms with Gasteiger partial charge < -0.3 is 9.84 Å². The molecule has 0 aromatic carbocycles. The predicted octanol–water partition coefficient (Wildman–Crippen LogP) is 2.65. The lowest BCUT2D eigenvalue weighted by molar-refractivity contribution is -0.218. The van der Waals surface area contributed by atoms with E-state index in [2.05, 4.69) is 25.3 Å². The molecule has 6 aliphatic rings. The summed E-state index contributed by atoms with van der Waals surface area (Å²) in [5.74, 6) is 1.60. The van der Waals surface area contributed by atoms with Crippen molar-refractivity contribution in [1.82, 2.24) is 4.90 Å². The van der Waals surface area contributed by atoms with E-state index in [0.29, 0.717) is 35.5 Å². The second kappa shape index (κ2) is 4.88. The van der Waals surface area contributed by atoms with Crippen LogP contribution in [-0.4, -0.2) is 54.2 Å². The maximum absolute atomic E-state index is 13.1. The van der Waals surface area contributed by atoms with Crippen LogP contribution in [0.2, 0.25) is 0 Å². The molecule has 1 heterocycles. The average Bonchev–Trinajstić information content (AvgIpc) is 3.16. The highest BCUT2D eigenvalue weighted by atomic mass is 16.5. The van der Waals surface area contributed by atoms with Gasteiger partial charge in [0.25, 0.3) is 0 Å². The monoisotopic (exact) mass is 371 g/mol. The van der Waals surface area contributed by atoms with E-state index in [1.807, 2.05) is 7.11 Å². The Labute approximate surface area is 162 Å². The lowest BCUT2D eigenvalue weighted by Crippen LogP contribution is -2.68. The van der Waals surface area contributed by atoms with E-state index in [0.717, 1.165) is 25.0 Å². The number of aliphatic hydroxyl groups excluding tert-OH is 1. The maximum Gasteiger partial charge on any atom is 0.140 e. The summed E-state index contributed by atoms with van der Waals surface area (Å²) in [6.45, 7) is 11.2. The molecule has 0 radical (unpaired) electrons. The molecule has 27 heavy (non-hydrogen) atoms. The molecular weight excluding hydrogens is 338 g/mol. The van der Waals surface area contributed by atoms with Crippen LogP contribution in [0.4, 0.5) is 0 Å². The predicted molar refractivity (Wildman–Crippen MR) is 102 cm³/mol. The Bertz CT molecular complexity index is 750. The van der Waals surface area contributed by atoms with E-state index in [4.69, 9.17) is 4.74 Å². The first-order chi connectivity index (χ1) is 12.9. The van der Waals surface area contributed by atoms with Crippen LogP contribution >= 0.6 is 0 Å². The molecule has 4 heteroatoms. The number of nitrogens with zero attached hydrogens (tertiary/aromatic N) is 1. The number of carbonyl (C=O) groups excluding carboxylic acids is 1. The van der Waals surface area contributed by atoms with Gasteiger partial charge in [-0.2, -0.15) is 0 Å². The second-order valence-electron chi connectivity index (χ2n) is 10.9. The topological polar surface area (TPSA) is 49.8 Å². The number of ketones is 1. The fraction of sp³-hybridized carbons (Fsp3) is 0.870. The number of hydrogen-bond donors (Lipinski definition) is 1. The fourth-order valence-corrected chi connectivity index (χ4v) is 10.0. The third-order valence-corrected chi connectivity index (χ3v) is 10.6. The van der Waals surface area contributed by atoms with Gasteiger partial charge in [-0.25, -0.2) is 0 Å². The van der Waals surface area contributed by atoms with Gasteiger partial charge in [0.15, 0.2) is 0 Å². The second-order valence-corrected chi connectivity index (χ2v) is 10.9. The normalized spacial score (nSPS) is 60.8. The zero-order chi connectivity index (χ0) is 18.9. The van der Waals surface area contributed by atoms with Crippen LogP contribution in [-0.2, 0) is 9.53 Å². The summed E-state index contributed by atoms with van der Waals surface area (Å²) in [6.07, 6.45) is 4.72. The molecule has 148 valence electrons. The van der Waals surface area contributed by atoms with Crippen molar-refractivity contribution in [2.75, 3.05) is 20.2 Å². The maximum atomic E-state index is 13.1. The largest absolute Gasteiger partial charge is 0.388 e. The molecule has 1 saturated heterocycles. The highest BCUT2D eigenvalue weighted by Crippen LogP contribution is 2.83. The van der Waals surface area contributed by atoms with Crippen molar-refractivity contribution >= 4 is 5.78 Å². The van der Waals surface area contributed by atoms with Gasteiger partial charge in [0.05, 0.1) is 12.2 Å². The summed E-state index contributed by atoms with van der Waals surface area (Å²) < 4.78 is 6.22. The van der Waals surface area contributed by atoms with Gasteiger partial charge in [-0.1, -0.05) is 20.4 Å². The van der Waals surface area contributed by atoms with Gasteiger partial charge in [0, 0.05) is 42.9 Å². The summed E-state index contributed by atoms with van der Waals surface area (Å²) in [6, 6.07) is 0.461. The molecule has 4 nitrogen and oxygen atoms in total. The van der Waals surface area contributed by atoms with E-state index in [-0.39, 0.29) is 28.8 Å². The van der Waals surface area contributed by atoms with Crippen LogP contribution in [0.5, 0.6) is 0 Å². The van der Waals surface area contributed by atoms with Crippen LogP contribution in [0.1, 0.15) is 46.0 Å². The van der Waals surface area contributed by atoms with Gasteiger partial charge in [0.2, 0.25) is 0 Å². The molecule has 2 unspecified atom stereocenters. The summed E-state index contributed by atoms with van der Waals surface area (Å²) in [5, 5.41) is 11.5. The van der Waals surface area contributed by atoms with Crippen LogP contribution in [0.15, 0.2) is 12.2 Å². The van der Waals surface area contributed by atoms with Crippen molar-refractivity contribution in [2.45, 2.75) is 64.2 Å². The molecule has 6 rings (SSSR count). The number of likely N-dealkylation sites (tertiary alicyclic amines) is 1. The number of rotatable bonds is 2. The number of hydrogen-bond acceptors (Lipinski definition) is 4. The lowest BCUT2D eigenvalue weighted by Gasteiger charge is -2.65. The molecule has 1 aliphatic heterocycles. The summed E-state index contributed by atoms with van der Waals surface area (Å²) in [7, 11) is 1.88. The van der Waals surface area contributed by atoms with Crippen molar-refractivity contribution in [3.63, 3.8) is 0 Å². The highest BCUT2D eigenvalue weighted by Gasteiger charge is 2.85. The Morgan fingerprint density at radius 3 is 2.85 bits per heavy atom. The minimum atomic E-state index is -0.505. The molecule has 6 fully saturated rings. The molecule has 5 aliphatic carbocycles. The SMILES string of the molecule is C=C1[C@H]2CC3([C@@H]1O)[C@@H]1CC4[C@]5(C)CC[C@H](OC)[C@]4([C@H]1N(CC)C5)[C@@H]3CC2=O. The minimum absolute atomic E-state index is 0.0346. The third-order valence-electron chi connectivity index (χ3n) is 10.6. The van der Waals surface area contributed by atoms with E-state index < -0.39 is 6.10 Å². The summed E-state index contributed by atoms with van der Waals surface area (Å²) >= 11 is 0. The summed E-state index contributed by atoms with van der Waals surface area (Å²) in [5.41, 5.74) is 1.03. The Morgan fingerprint density at radius 2 is 2.15 bits per heavy atom. The van der Waals surface area contributed by atoms with Crippen molar-refractivity contribution < 1.29 is 14.6 Å². The van der Waals surface area contributed by atoms with Crippen molar-refractivity contribution in [3.8, 4) is 0 Å². The molecule has 2 spiro atoms. The molecular formula is C23H33NO3. The van der Waals surface area contributed by atoms with Crippen LogP contribution < -0.4 is 0 Å². The first kappa shape index (κ1) is 17.2. The zero-order valence-electron chi connectivity index (χ0n) is 16.9. The van der Waals surface area contributed by atoms with E-state index in [9.17, 15) is 9.90 Å². The Morgan fingerprint density at radius 1 is 1.37 bits per heavy atom. The molecule has 0 amide bonds. The molecule has 0 aromatic heterocycles. The quantitative estimate of drug-likeness (QED) is 0.758. The smallest absolute Gasteiger partial charge is 0.140 e. The van der Waals surface area contributed by atoms with Crippen LogP contribution in [0.25, 0.3) is 0 Å². The first-order valence-corrected chi connectivity index (χ1v) is 11.0. The minimum Gasteiger partial charge on any atom is -0.388 e. The van der Waals surface area contributed by atoms with Gasteiger partial charge in [-0.15, -0.1) is 0 Å². The number of methoxy groups -OCH3 is 1. The number of Topliss-reactive ketones (excluding diaryl/α,β-unsaturated/α-hetero) is 1. The molecule has 0 aromatic rings. The van der Waals surface area contributed by atoms with Gasteiger partial charge in [-0.05, 0) is 61.0 Å². The fourth-order valence-electron chi connectivity index (χ4n) is 10.0. The number of piperidine rings is 1. The number of ether oxygens (including phenoxy) is 1. The van der Waals surface area contributed by atoms with Crippen LogP contribution in [0, 0.1) is 39.9 Å². The van der Waals surface area contributed by atoms with Crippen molar-refractivity contribution in [1.29, 1.82) is 0 Å². The Balaban J connectivity index is 1.62. The van der Waals surface area contributed by atoms with Gasteiger partial charge >= 0.3 is 0 Å². The number of aliphatic hydroxyl groups is 1. The van der Waals surface area contributed by atoms with Gasteiger partial charge in [-0.3, -0.25) is 9.69 Å². The molecule has 1 N–H and O–H groups in total.